The van der Waals surface area contributed by atoms with E-state index in [-0.39, 0.29) is 12.3 Å². The van der Waals surface area contributed by atoms with Crippen LogP contribution in [0.2, 0.25) is 0 Å². The second kappa shape index (κ2) is 8.26. The molecule has 0 unspecified atom stereocenters. The first-order valence-electron chi connectivity index (χ1n) is 7.34. The molecular weight excluding hydrogens is 282 g/mol. The lowest BCUT2D eigenvalue weighted by atomic mass is 10.1. The molecule has 0 heterocycles. The van der Waals surface area contributed by atoms with E-state index in [9.17, 15) is 9.59 Å². The summed E-state index contributed by atoms with van der Waals surface area (Å²) >= 11 is 0. The number of anilines is 1. The van der Waals surface area contributed by atoms with Crippen molar-refractivity contribution in [3.05, 3.63) is 29.8 Å². The Kier molecular flexibility index (Phi) is 6.69. The van der Waals surface area contributed by atoms with Crippen LogP contribution in [0.3, 0.4) is 0 Å². The van der Waals surface area contributed by atoms with Crippen LogP contribution in [0.4, 0.5) is 10.5 Å². The van der Waals surface area contributed by atoms with Gasteiger partial charge in [0.25, 0.3) is 0 Å². The molecule has 0 fully saturated rings. The van der Waals surface area contributed by atoms with Gasteiger partial charge >= 0.3 is 6.09 Å². The van der Waals surface area contributed by atoms with E-state index < -0.39 is 11.7 Å². The van der Waals surface area contributed by atoms with Crippen LogP contribution in [0.5, 0.6) is 0 Å². The largest absolute Gasteiger partial charge is 0.444 e. The van der Waals surface area contributed by atoms with E-state index in [1.807, 2.05) is 45.0 Å². The zero-order chi connectivity index (χ0) is 16.6. The zero-order valence-corrected chi connectivity index (χ0v) is 13.4. The van der Waals surface area contributed by atoms with Gasteiger partial charge in [0.1, 0.15) is 5.60 Å². The molecule has 0 saturated heterocycles. The number of ether oxygens (including phenoxy) is 1. The highest BCUT2D eigenvalue weighted by Crippen LogP contribution is 2.10. The molecular formula is C16H25N3O3. The van der Waals surface area contributed by atoms with Gasteiger partial charge in [0.15, 0.2) is 0 Å². The Bertz CT molecular complexity index is 492. The maximum atomic E-state index is 11.4. The summed E-state index contributed by atoms with van der Waals surface area (Å²) in [6.45, 7) is 6.76. The number of nitrogens with one attached hydrogen (secondary N) is 2. The number of hydrogen-bond donors (Lipinski definition) is 3. The number of primary amides is 1. The third-order valence-electron chi connectivity index (χ3n) is 2.68. The summed E-state index contributed by atoms with van der Waals surface area (Å²) in [6.07, 6.45) is 0.630. The number of rotatable bonds is 7. The van der Waals surface area contributed by atoms with Crippen LogP contribution < -0.4 is 16.4 Å². The first kappa shape index (κ1) is 17.8. The molecule has 0 bridgehead atoms. The molecule has 1 rings (SSSR count). The first-order chi connectivity index (χ1) is 10.3. The predicted molar refractivity (Wildman–Crippen MR) is 86.7 cm³/mol. The fourth-order valence-electron chi connectivity index (χ4n) is 1.77. The Morgan fingerprint density at radius 2 is 1.77 bits per heavy atom. The summed E-state index contributed by atoms with van der Waals surface area (Å²) in [7, 11) is 0. The van der Waals surface area contributed by atoms with E-state index >= 15 is 0 Å². The Morgan fingerprint density at radius 1 is 1.14 bits per heavy atom. The van der Waals surface area contributed by atoms with Crippen molar-refractivity contribution in [2.24, 2.45) is 5.73 Å². The van der Waals surface area contributed by atoms with Gasteiger partial charge < -0.3 is 21.1 Å². The van der Waals surface area contributed by atoms with Gasteiger partial charge in [-0.3, -0.25) is 4.79 Å². The van der Waals surface area contributed by atoms with Gasteiger partial charge in [-0.05, 0) is 44.9 Å². The van der Waals surface area contributed by atoms with E-state index in [1.165, 1.54) is 0 Å². The van der Waals surface area contributed by atoms with Gasteiger partial charge in [0, 0.05) is 18.8 Å². The van der Waals surface area contributed by atoms with Gasteiger partial charge in [0.05, 0.1) is 6.42 Å². The molecule has 0 aromatic heterocycles. The summed E-state index contributed by atoms with van der Waals surface area (Å²) in [5.74, 6) is -0.339. The van der Waals surface area contributed by atoms with Gasteiger partial charge in [0.2, 0.25) is 5.91 Å². The molecule has 0 aliphatic rings. The molecule has 0 atom stereocenters. The zero-order valence-electron chi connectivity index (χ0n) is 13.4. The Morgan fingerprint density at radius 3 is 2.32 bits per heavy atom. The van der Waals surface area contributed by atoms with E-state index in [0.29, 0.717) is 6.54 Å². The smallest absolute Gasteiger partial charge is 0.407 e. The van der Waals surface area contributed by atoms with Crippen molar-refractivity contribution in [2.75, 3.05) is 18.4 Å². The van der Waals surface area contributed by atoms with Gasteiger partial charge in [-0.2, -0.15) is 0 Å². The highest BCUT2D eigenvalue weighted by atomic mass is 16.6. The average molecular weight is 307 g/mol. The molecule has 122 valence electrons. The monoisotopic (exact) mass is 307 g/mol. The fourth-order valence-corrected chi connectivity index (χ4v) is 1.77. The molecule has 6 heteroatoms. The minimum Gasteiger partial charge on any atom is -0.444 e. The van der Waals surface area contributed by atoms with Gasteiger partial charge in [-0.25, -0.2) is 4.79 Å². The minimum absolute atomic E-state index is 0.250. The van der Waals surface area contributed by atoms with Crippen LogP contribution in [-0.4, -0.2) is 30.7 Å². The quantitative estimate of drug-likeness (QED) is 0.672. The number of carbonyl (C=O) groups excluding carboxylic acids is 2. The summed E-state index contributed by atoms with van der Waals surface area (Å²) < 4.78 is 5.14. The highest BCUT2D eigenvalue weighted by Gasteiger charge is 2.15. The molecule has 0 radical (unpaired) electrons. The van der Waals surface area contributed by atoms with Crippen molar-refractivity contribution >= 4 is 17.7 Å². The lowest BCUT2D eigenvalue weighted by Gasteiger charge is -2.19. The molecule has 1 aromatic carbocycles. The highest BCUT2D eigenvalue weighted by molar-refractivity contribution is 5.76. The average Bonchev–Trinajstić information content (AvgIpc) is 2.37. The molecule has 22 heavy (non-hydrogen) atoms. The molecule has 1 aromatic rings. The van der Waals surface area contributed by atoms with Crippen LogP contribution in [0.1, 0.15) is 32.8 Å². The molecule has 4 N–H and O–H groups in total. The van der Waals surface area contributed by atoms with Crippen LogP contribution >= 0.6 is 0 Å². The summed E-state index contributed by atoms with van der Waals surface area (Å²) in [5, 5.41) is 5.94. The fraction of sp³-hybridized carbons (Fsp3) is 0.500. The Balaban J connectivity index is 2.19. The predicted octanol–water partition coefficient (Wildman–Crippen LogP) is 2.04. The number of benzene rings is 1. The molecule has 0 aliphatic carbocycles. The standard InChI is InChI=1S/C16H25N3O3/c1-16(2,3)22-15(21)19-10-4-9-18-13-7-5-12(6-8-13)11-14(17)20/h5-8,18H,4,9-11H2,1-3H3,(H2,17,20)(H,19,21). The molecule has 2 amide bonds. The lowest BCUT2D eigenvalue weighted by Crippen LogP contribution is -2.33. The van der Waals surface area contributed by atoms with E-state index in [2.05, 4.69) is 10.6 Å². The maximum absolute atomic E-state index is 11.4. The van der Waals surface area contributed by atoms with E-state index in [0.717, 1.165) is 24.2 Å². The second-order valence-corrected chi connectivity index (χ2v) is 6.05. The SMILES string of the molecule is CC(C)(C)OC(=O)NCCCNc1ccc(CC(N)=O)cc1. The third kappa shape index (κ3) is 8.14. The Hall–Kier alpha value is -2.24. The van der Waals surface area contributed by atoms with E-state index in [1.54, 1.807) is 0 Å². The van der Waals surface area contributed by atoms with Crippen molar-refractivity contribution in [2.45, 2.75) is 39.2 Å². The van der Waals surface area contributed by atoms with Crippen molar-refractivity contribution in [1.82, 2.24) is 5.32 Å². The van der Waals surface area contributed by atoms with Crippen molar-refractivity contribution < 1.29 is 14.3 Å². The Labute approximate surface area is 131 Å². The van der Waals surface area contributed by atoms with Crippen molar-refractivity contribution in [1.29, 1.82) is 0 Å². The summed E-state index contributed by atoms with van der Waals surface area (Å²) in [6, 6.07) is 7.54. The molecule has 0 saturated carbocycles. The van der Waals surface area contributed by atoms with Crippen molar-refractivity contribution in [3.63, 3.8) is 0 Å². The van der Waals surface area contributed by atoms with Crippen molar-refractivity contribution in [3.8, 4) is 0 Å². The van der Waals surface area contributed by atoms with Crippen LogP contribution in [0.25, 0.3) is 0 Å². The lowest BCUT2D eigenvalue weighted by molar-refractivity contribution is -0.117. The topological polar surface area (TPSA) is 93.4 Å². The van der Waals surface area contributed by atoms with Crippen LogP contribution in [0.15, 0.2) is 24.3 Å². The second-order valence-electron chi connectivity index (χ2n) is 6.05. The van der Waals surface area contributed by atoms with Gasteiger partial charge in [-0.15, -0.1) is 0 Å². The summed E-state index contributed by atoms with van der Waals surface area (Å²) in [4.78, 5) is 22.2. The molecule has 0 aliphatic heterocycles. The minimum atomic E-state index is -0.477. The number of hydrogen-bond acceptors (Lipinski definition) is 4. The number of nitrogens with two attached hydrogens (primary N) is 1. The first-order valence-corrected chi connectivity index (χ1v) is 7.34. The third-order valence-corrected chi connectivity index (χ3v) is 2.68. The normalized spacial score (nSPS) is 10.9. The van der Waals surface area contributed by atoms with Gasteiger partial charge in [-0.1, -0.05) is 12.1 Å². The summed E-state index contributed by atoms with van der Waals surface area (Å²) in [5.41, 5.74) is 6.52. The molecule has 0 spiro atoms. The molecule has 6 nitrogen and oxygen atoms in total. The van der Waals surface area contributed by atoms with Crippen LogP contribution in [-0.2, 0) is 16.0 Å². The number of amides is 2. The van der Waals surface area contributed by atoms with Crippen LogP contribution in [0, 0.1) is 0 Å². The van der Waals surface area contributed by atoms with E-state index in [4.69, 9.17) is 10.5 Å². The number of carbonyl (C=O) groups is 2. The maximum Gasteiger partial charge on any atom is 0.407 e. The number of alkyl carbamates (subject to hydrolysis) is 1.